The molecule has 0 radical (unpaired) electrons. The largest absolute Gasteiger partial charge is 0.457 e. The van der Waals surface area contributed by atoms with Crippen LogP contribution in [0.4, 0.5) is 5.82 Å². The number of H-pyrrole nitrogens is 1. The Morgan fingerprint density at radius 2 is 2.00 bits per heavy atom. The minimum Gasteiger partial charge on any atom is -0.457 e. The van der Waals surface area contributed by atoms with Gasteiger partial charge in [-0.15, -0.1) is 0 Å². The number of aromatic amines is 1. The fourth-order valence-electron chi connectivity index (χ4n) is 4.97. The number of carbonyl (C=O) groups excluding carboxylic acids is 1. The summed E-state index contributed by atoms with van der Waals surface area (Å²) in [5.41, 5.74) is 0.893. The van der Waals surface area contributed by atoms with Crippen molar-refractivity contribution in [1.29, 1.82) is 5.26 Å². The minimum absolute atomic E-state index is 0.0276. The summed E-state index contributed by atoms with van der Waals surface area (Å²) < 4.78 is 12.1. The van der Waals surface area contributed by atoms with E-state index in [-0.39, 0.29) is 11.9 Å². The summed E-state index contributed by atoms with van der Waals surface area (Å²) in [7, 11) is 2.10. The monoisotopic (exact) mass is 549 g/mol. The Hall–Kier alpha value is -4.88. The summed E-state index contributed by atoms with van der Waals surface area (Å²) in [6, 6.07) is 19.2. The van der Waals surface area contributed by atoms with E-state index in [2.05, 4.69) is 38.5 Å². The highest BCUT2D eigenvalue weighted by Gasteiger charge is 2.28. The number of pyridine rings is 1. The number of likely N-dealkylation sites (tertiary alicyclic amines) is 1. The number of rotatable bonds is 10. The molecule has 0 spiro atoms. The van der Waals surface area contributed by atoms with E-state index in [4.69, 9.17) is 9.47 Å². The quantitative estimate of drug-likeness (QED) is 0.263. The van der Waals surface area contributed by atoms with Gasteiger partial charge in [-0.3, -0.25) is 14.8 Å². The first kappa shape index (κ1) is 26.3. The van der Waals surface area contributed by atoms with Crippen LogP contribution in [0, 0.1) is 11.3 Å². The maximum absolute atomic E-state index is 12.7. The molecule has 10 nitrogen and oxygen atoms in total. The summed E-state index contributed by atoms with van der Waals surface area (Å²) in [6.07, 6.45) is 8.56. The van der Waals surface area contributed by atoms with Crippen molar-refractivity contribution in [2.45, 2.75) is 31.3 Å². The molecule has 2 aliphatic rings. The molecule has 3 heterocycles. The van der Waals surface area contributed by atoms with Gasteiger partial charge in [-0.05, 0) is 50.6 Å². The van der Waals surface area contributed by atoms with Gasteiger partial charge in [0.1, 0.15) is 34.5 Å². The summed E-state index contributed by atoms with van der Waals surface area (Å²) >= 11 is 0. The molecule has 2 aromatic heterocycles. The van der Waals surface area contributed by atoms with Gasteiger partial charge < -0.3 is 19.7 Å². The molecule has 6 rings (SSSR count). The first-order valence-corrected chi connectivity index (χ1v) is 13.8. The fraction of sp³-hybridized carbons (Fsp3) is 0.290. The van der Waals surface area contributed by atoms with Crippen molar-refractivity contribution < 1.29 is 14.3 Å². The summed E-state index contributed by atoms with van der Waals surface area (Å²) in [6.45, 7) is 2.04. The number of benzene rings is 2. The fourth-order valence-corrected chi connectivity index (χ4v) is 4.97. The van der Waals surface area contributed by atoms with Gasteiger partial charge in [0.25, 0.3) is 0 Å². The van der Waals surface area contributed by atoms with Crippen molar-refractivity contribution in [1.82, 2.24) is 25.0 Å². The molecule has 0 unspecified atom stereocenters. The smallest absolute Gasteiger partial charge is 0.246 e. The van der Waals surface area contributed by atoms with Crippen molar-refractivity contribution in [3.63, 3.8) is 0 Å². The number of carbonyl (C=O) groups is 1. The molecule has 1 aliphatic carbocycles. The van der Waals surface area contributed by atoms with Crippen molar-refractivity contribution >= 4 is 22.8 Å². The number of anilines is 1. The van der Waals surface area contributed by atoms with Crippen LogP contribution < -0.4 is 14.8 Å². The van der Waals surface area contributed by atoms with Gasteiger partial charge in [0, 0.05) is 56.1 Å². The molecular weight excluding hydrogens is 518 g/mol. The molecule has 1 saturated carbocycles. The van der Waals surface area contributed by atoms with E-state index in [0.717, 1.165) is 13.0 Å². The second kappa shape index (κ2) is 11.7. The maximum atomic E-state index is 12.7. The van der Waals surface area contributed by atoms with Gasteiger partial charge in [-0.25, -0.2) is 4.98 Å². The molecule has 2 N–H and O–H groups in total. The number of amides is 1. The Balaban J connectivity index is 1.14. The number of fused-ring (bicyclic) bond motifs is 1. The number of ether oxygens (including phenoxy) is 2. The van der Waals surface area contributed by atoms with Gasteiger partial charge in [0.2, 0.25) is 5.91 Å². The lowest BCUT2D eigenvalue weighted by Crippen LogP contribution is -2.30. The standard InChI is InChI=1S/C31H31N7O3/c1-37(23-9-10-23)16-5-8-28(39)38-17-14-22(20-38)34-31-29-27(13-15-33-30(29)35-36-31)41-26-12-11-25(18-21(26)19-32)40-24-6-3-2-4-7-24/h2-8,11-13,15,18,22-23H,9-10,14,16-17,20H2,1H3,(H2,33,34,35,36)/t22-/m1/s1. The molecule has 2 fully saturated rings. The van der Waals surface area contributed by atoms with Crippen LogP contribution >= 0.6 is 0 Å². The third-order valence-corrected chi connectivity index (χ3v) is 7.36. The first-order valence-electron chi connectivity index (χ1n) is 13.8. The third kappa shape index (κ3) is 6.15. The third-order valence-electron chi connectivity index (χ3n) is 7.36. The number of para-hydroxylation sites is 1. The van der Waals surface area contributed by atoms with Crippen LogP contribution in [0.5, 0.6) is 23.0 Å². The lowest BCUT2D eigenvalue weighted by Gasteiger charge is -2.16. The molecule has 41 heavy (non-hydrogen) atoms. The molecule has 208 valence electrons. The molecule has 1 saturated heterocycles. The molecule has 4 aromatic rings. The van der Waals surface area contributed by atoms with Gasteiger partial charge in [0.15, 0.2) is 11.5 Å². The number of nitriles is 1. The van der Waals surface area contributed by atoms with Crippen molar-refractivity contribution in [3.05, 3.63) is 78.5 Å². The highest BCUT2D eigenvalue weighted by Crippen LogP contribution is 2.36. The van der Waals surface area contributed by atoms with E-state index in [1.54, 1.807) is 36.5 Å². The van der Waals surface area contributed by atoms with Crippen LogP contribution in [0.2, 0.25) is 0 Å². The zero-order valence-electron chi connectivity index (χ0n) is 22.8. The lowest BCUT2D eigenvalue weighted by molar-refractivity contribution is -0.125. The zero-order chi connectivity index (χ0) is 28.2. The molecule has 1 amide bonds. The van der Waals surface area contributed by atoms with Gasteiger partial charge in [-0.2, -0.15) is 10.4 Å². The Bertz CT molecular complexity index is 1610. The summed E-state index contributed by atoms with van der Waals surface area (Å²) in [5, 5.41) is 21.3. The van der Waals surface area contributed by atoms with E-state index in [0.29, 0.717) is 64.5 Å². The zero-order valence-corrected chi connectivity index (χ0v) is 22.8. The normalized spacial score (nSPS) is 16.8. The Kier molecular flexibility index (Phi) is 7.52. The number of nitrogens with one attached hydrogen (secondary N) is 2. The van der Waals surface area contributed by atoms with Gasteiger partial charge in [-0.1, -0.05) is 24.3 Å². The van der Waals surface area contributed by atoms with E-state index < -0.39 is 0 Å². The van der Waals surface area contributed by atoms with E-state index in [1.807, 2.05) is 41.3 Å². The average Bonchev–Trinajstić information content (AvgIpc) is 3.61. The molecule has 1 atom stereocenters. The van der Waals surface area contributed by atoms with Crippen molar-refractivity contribution in [2.24, 2.45) is 0 Å². The highest BCUT2D eigenvalue weighted by molar-refractivity contribution is 5.93. The molecule has 0 bridgehead atoms. The van der Waals surface area contributed by atoms with Crippen molar-refractivity contribution in [3.8, 4) is 29.1 Å². The minimum atomic E-state index is 0.0276. The van der Waals surface area contributed by atoms with Crippen LogP contribution in [0.25, 0.3) is 11.0 Å². The number of hydrogen-bond acceptors (Lipinski definition) is 8. The topological polar surface area (TPSA) is 119 Å². The van der Waals surface area contributed by atoms with E-state index >= 15 is 0 Å². The number of hydrogen-bond donors (Lipinski definition) is 2. The van der Waals surface area contributed by atoms with Crippen LogP contribution in [0.1, 0.15) is 24.8 Å². The van der Waals surface area contributed by atoms with Crippen molar-refractivity contribution in [2.75, 3.05) is 32.0 Å². The van der Waals surface area contributed by atoms with E-state index in [1.165, 1.54) is 12.8 Å². The summed E-state index contributed by atoms with van der Waals surface area (Å²) in [4.78, 5) is 21.2. The van der Waals surface area contributed by atoms with Crippen LogP contribution in [-0.2, 0) is 4.79 Å². The van der Waals surface area contributed by atoms with E-state index in [9.17, 15) is 10.1 Å². The second-order valence-corrected chi connectivity index (χ2v) is 10.4. The SMILES string of the molecule is CN(CC=CC(=O)N1CC[C@@H](Nc2n[nH]c3nccc(Oc4ccc(Oc5ccccc5)cc4C#N)c23)C1)C1CC1. The highest BCUT2D eigenvalue weighted by atomic mass is 16.5. The molecule has 1 aliphatic heterocycles. The number of likely N-dealkylation sites (N-methyl/N-ethyl adjacent to an activating group) is 1. The molecular formula is C31H31N7O3. The number of nitrogens with zero attached hydrogens (tertiary/aromatic N) is 5. The molecule has 10 heteroatoms. The predicted octanol–water partition coefficient (Wildman–Crippen LogP) is 5.08. The van der Waals surface area contributed by atoms with Gasteiger partial charge in [0.05, 0.1) is 5.56 Å². The Morgan fingerprint density at radius 3 is 2.80 bits per heavy atom. The first-order chi connectivity index (χ1) is 20.1. The van der Waals surface area contributed by atoms with Crippen LogP contribution in [0.3, 0.4) is 0 Å². The second-order valence-electron chi connectivity index (χ2n) is 10.4. The maximum Gasteiger partial charge on any atom is 0.246 e. The lowest BCUT2D eigenvalue weighted by atomic mass is 10.2. The number of aromatic nitrogens is 3. The summed E-state index contributed by atoms with van der Waals surface area (Å²) in [5.74, 6) is 2.74. The molecule has 2 aromatic carbocycles. The Labute approximate surface area is 238 Å². The Morgan fingerprint density at radius 1 is 1.15 bits per heavy atom. The predicted molar refractivity (Wildman–Crippen MR) is 155 cm³/mol. The van der Waals surface area contributed by atoms with Crippen LogP contribution in [-0.4, -0.2) is 69.7 Å². The van der Waals surface area contributed by atoms with Gasteiger partial charge >= 0.3 is 0 Å². The average molecular weight is 550 g/mol. The van der Waals surface area contributed by atoms with Crippen LogP contribution in [0.15, 0.2) is 72.9 Å².